The third kappa shape index (κ3) is 3.73. The molecule has 0 bridgehead atoms. The summed E-state index contributed by atoms with van der Waals surface area (Å²) in [5.41, 5.74) is 0.940. The van der Waals surface area contributed by atoms with E-state index in [0.29, 0.717) is 18.1 Å². The number of aromatic nitrogens is 1. The van der Waals surface area contributed by atoms with Crippen molar-refractivity contribution in [3.05, 3.63) is 42.2 Å². The van der Waals surface area contributed by atoms with Crippen molar-refractivity contribution in [2.45, 2.75) is 0 Å². The van der Waals surface area contributed by atoms with E-state index in [0.717, 1.165) is 48.1 Å². The largest absolute Gasteiger partial charge is 0.448 e. The van der Waals surface area contributed by atoms with Gasteiger partial charge in [0, 0.05) is 26.2 Å². The SMILES string of the molecule is O=C(NCCN1CCOCC1)c1ccc(-c2nc3ccccc3s2)o1. The van der Waals surface area contributed by atoms with Crippen LogP contribution in [0.3, 0.4) is 0 Å². The Morgan fingerprint density at radius 2 is 2.04 bits per heavy atom. The normalized spacial score (nSPS) is 15.5. The van der Waals surface area contributed by atoms with Crippen LogP contribution in [0.1, 0.15) is 10.6 Å². The van der Waals surface area contributed by atoms with Crippen molar-refractivity contribution >= 4 is 27.5 Å². The molecule has 1 aliphatic rings. The van der Waals surface area contributed by atoms with Crippen LogP contribution in [-0.4, -0.2) is 55.2 Å². The number of fused-ring (bicyclic) bond motifs is 1. The lowest BCUT2D eigenvalue weighted by atomic mass is 10.3. The molecule has 130 valence electrons. The van der Waals surface area contributed by atoms with Gasteiger partial charge in [0.1, 0.15) is 0 Å². The van der Waals surface area contributed by atoms with Crippen molar-refractivity contribution in [3.8, 4) is 10.8 Å². The molecule has 1 N–H and O–H groups in total. The molecule has 1 aromatic carbocycles. The van der Waals surface area contributed by atoms with E-state index in [4.69, 9.17) is 9.15 Å². The summed E-state index contributed by atoms with van der Waals surface area (Å²) < 4.78 is 12.1. The number of ether oxygens (including phenoxy) is 1. The van der Waals surface area contributed by atoms with Gasteiger partial charge in [-0.25, -0.2) is 4.98 Å². The molecule has 1 aliphatic heterocycles. The van der Waals surface area contributed by atoms with Crippen LogP contribution in [0.4, 0.5) is 0 Å². The number of thiazole rings is 1. The van der Waals surface area contributed by atoms with Gasteiger partial charge in [0.15, 0.2) is 16.5 Å². The Bertz CT molecular complexity index is 834. The lowest BCUT2D eigenvalue weighted by molar-refractivity contribution is 0.0382. The molecule has 0 unspecified atom stereocenters. The summed E-state index contributed by atoms with van der Waals surface area (Å²) in [5.74, 6) is 0.747. The molecule has 1 fully saturated rings. The van der Waals surface area contributed by atoms with Crippen LogP contribution in [0.5, 0.6) is 0 Å². The van der Waals surface area contributed by atoms with Gasteiger partial charge in [-0.05, 0) is 24.3 Å². The van der Waals surface area contributed by atoms with Gasteiger partial charge < -0.3 is 14.5 Å². The maximum Gasteiger partial charge on any atom is 0.287 e. The zero-order valence-electron chi connectivity index (χ0n) is 13.7. The number of furan rings is 1. The molecule has 1 saturated heterocycles. The molecule has 25 heavy (non-hydrogen) atoms. The molecule has 0 saturated carbocycles. The van der Waals surface area contributed by atoms with E-state index in [1.807, 2.05) is 24.3 Å². The summed E-state index contributed by atoms with van der Waals surface area (Å²) in [5, 5.41) is 3.69. The molecule has 2 aromatic heterocycles. The Morgan fingerprint density at radius 3 is 2.88 bits per heavy atom. The van der Waals surface area contributed by atoms with Crippen LogP contribution >= 0.6 is 11.3 Å². The first-order chi connectivity index (χ1) is 12.3. The Hall–Kier alpha value is -2.22. The smallest absolute Gasteiger partial charge is 0.287 e. The fourth-order valence-electron chi connectivity index (χ4n) is 2.79. The highest BCUT2D eigenvalue weighted by atomic mass is 32.1. The number of para-hydroxylation sites is 1. The minimum atomic E-state index is -0.194. The van der Waals surface area contributed by atoms with Crippen molar-refractivity contribution in [1.82, 2.24) is 15.2 Å². The number of benzene rings is 1. The second kappa shape index (κ2) is 7.35. The number of nitrogens with one attached hydrogen (secondary N) is 1. The van der Waals surface area contributed by atoms with E-state index in [1.165, 1.54) is 0 Å². The number of hydrogen-bond donors (Lipinski definition) is 1. The van der Waals surface area contributed by atoms with Gasteiger partial charge in [-0.1, -0.05) is 12.1 Å². The zero-order valence-corrected chi connectivity index (χ0v) is 14.6. The number of carbonyl (C=O) groups excluding carboxylic acids is 1. The summed E-state index contributed by atoms with van der Waals surface area (Å²) in [6, 6.07) is 11.4. The molecule has 3 aromatic rings. The number of carbonyl (C=O) groups is 1. The van der Waals surface area contributed by atoms with E-state index in [-0.39, 0.29) is 5.91 Å². The topological polar surface area (TPSA) is 67.6 Å². The minimum absolute atomic E-state index is 0.194. The number of hydrogen-bond acceptors (Lipinski definition) is 6. The third-order valence-electron chi connectivity index (χ3n) is 4.15. The number of rotatable bonds is 5. The number of morpholine rings is 1. The van der Waals surface area contributed by atoms with Gasteiger partial charge >= 0.3 is 0 Å². The van der Waals surface area contributed by atoms with Crippen molar-refractivity contribution in [2.24, 2.45) is 0 Å². The van der Waals surface area contributed by atoms with Crippen LogP contribution in [-0.2, 0) is 4.74 Å². The monoisotopic (exact) mass is 357 g/mol. The summed E-state index contributed by atoms with van der Waals surface area (Å²) >= 11 is 1.56. The first kappa shape index (κ1) is 16.3. The maximum atomic E-state index is 12.2. The van der Waals surface area contributed by atoms with E-state index in [9.17, 15) is 4.79 Å². The van der Waals surface area contributed by atoms with Crippen molar-refractivity contribution in [3.63, 3.8) is 0 Å². The summed E-state index contributed by atoms with van der Waals surface area (Å²) in [6.07, 6.45) is 0. The van der Waals surface area contributed by atoms with Gasteiger partial charge in [0.2, 0.25) is 0 Å². The van der Waals surface area contributed by atoms with Crippen molar-refractivity contribution < 1.29 is 13.9 Å². The molecule has 0 aliphatic carbocycles. The number of nitrogens with zero attached hydrogens (tertiary/aromatic N) is 2. The van der Waals surface area contributed by atoms with E-state index < -0.39 is 0 Å². The second-order valence-corrected chi connectivity index (χ2v) is 6.89. The molecule has 6 nitrogen and oxygen atoms in total. The average Bonchev–Trinajstić information content (AvgIpc) is 3.29. The van der Waals surface area contributed by atoms with E-state index >= 15 is 0 Å². The molecule has 4 rings (SSSR count). The maximum absolute atomic E-state index is 12.2. The quantitative estimate of drug-likeness (QED) is 0.760. The van der Waals surface area contributed by atoms with E-state index in [2.05, 4.69) is 15.2 Å². The first-order valence-corrected chi connectivity index (χ1v) is 9.15. The van der Waals surface area contributed by atoms with Crippen LogP contribution < -0.4 is 5.32 Å². The average molecular weight is 357 g/mol. The Balaban J connectivity index is 1.37. The second-order valence-electron chi connectivity index (χ2n) is 5.86. The third-order valence-corrected chi connectivity index (χ3v) is 5.20. The zero-order chi connectivity index (χ0) is 17.1. The number of amides is 1. The molecular weight excluding hydrogens is 338 g/mol. The summed E-state index contributed by atoms with van der Waals surface area (Å²) in [6.45, 7) is 4.77. The Labute approximate surface area is 149 Å². The molecule has 0 radical (unpaired) electrons. The highest BCUT2D eigenvalue weighted by Gasteiger charge is 2.15. The van der Waals surface area contributed by atoms with Gasteiger partial charge in [-0.3, -0.25) is 9.69 Å². The predicted molar refractivity (Wildman–Crippen MR) is 96.9 cm³/mol. The van der Waals surface area contributed by atoms with Crippen LogP contribution in [0.25, 0.3) is 21.0 Å². The molecular formula is C18H19N3O3S. The van der Waals surface area contributed by atoms with E-state index in [1.54, 1.807) is 23.5 Å². The highest BCUT2D eigenvalue weighted by Crippen LogP contribution is 2.31. The Morgan fingerprint density at radius 1 is 1.20 bits per heavy atom. The molecule has 7 heteroatoms. The van der Waals surface area contributed by atoms with Crippen molar-refractivity contribution in [2.75, 3.05) is 39.4 Å². The summed E-state index contributed by atoms with van der Waals surface area (Å²) in [4.78, 5) is 19.1. The molecule has 0 spiro atoms. The highest BCUT2D eigenvalue weighted by molar-refractivity contribution is 7.21. The predicted octanol–water partition coefficient (Wildman–Crippen LogP) is 2.62. The fraction of sp³-hybridized carbons (Fsp3) is 0.333. The van der Waals surface area contributed by atoms with Gasteiger partial charge in [-0.15, -0.1) is 11.3 Å². The molecule has 0 atom stereocenters. The lowest BCUT2D eigenvalue weighted by Gasteiger charge is -2.26. The van der Waals surface area contributed by atoms with Gasteiger partial charge in [0.25, 0.3) is 5.91 Å². The van der Waals surface area contributed by atoms with Crippen LogP contribution in [0.2, 0.25) is 0 Å². The fourth-order valence-corrected chi connectivity index (χ4v) is 3.72. The van der Waals surface area contributed by atoms with Crippen molar-refractivity contribution in [1.29, 1.82) is 0 Å². The molecule has 1 amide bonds. The first-order valence-electron chi connectivity index (χ1n) is 8.34. The van der Waals surface area contributed by atoms with Crippen LogP contribution in [0, 0.1) is 0 Å². The standard InChI is InChI=1S/C18H19N3O3S/c22-17(19-7-8-21-9-11-23-12-10-21)14-5-6-15(24-14)18-20-13-3-1-2-4-16(13)25-18/h1-6H,7-12H2,(H,19,22). The van der Waals surface area contributed by atoms with Crippen LogP contribution in [0.15, 0.2) is 40.8 Å². The lowest BCUT2D eigenvalue weighted by Crippen LogP contribution is -2.41. The summed E-state index contributed by atoms with van der Waals surface area (Å²) in [7, 11) is 0. The van der Waals surface area contributed by atoms with Gasteiger partial charge in [-0.2, -0.15) is 0 Å². The molecule has 3 heterocycles. The minimum Gasteiger partial charge on any atom is -0.448 e. The van der Waals surface area contributed by atoms with Gasteiger partial charge in [0.05, 0.1) is 23.4 Å². The Kier molecular flexibility index (Phi) is 4.78.